The van der Waals surface area contributed by atoms with Crippen LogP contribution in [0.3, 0.4) is 0 Å². The zero-order chi connectivity index (χ0) is 20.6. The van der Waals surface area contributed by atoms with Gasteiger partial charge in [0.05, 0.1) is 19.0 Å². The van der Waals surface area contributed by atoms with Crippen molar-refractivity contribution in [3.8, 4) is 11.4 Å². The second-order valence-corrected chi connectivity index (χ2v) is 6.57. The fourth-order valence-corrected chi connectivity index (χ4v) is 2.88. The second-order valence-electron chi connectivity index (χ2n) is 6.57. The van der Waals surface area contributed by atoms with E-state index in [1.165, 1.54) is 7.11 Å². The van der Waals surface area contributed by atoms with Gasteiger partial charge < -0.3 is 15.0 Å². The van der Waals surface area contributed by atoms with Crippen LogP contribution in [-0.4, -0.2) is 47.2 Å². The summed E-state index contributed by atoms with van der Waals surface area (Å²) in [6.07, 6.45) is 1.86. The Hall–Kier alpha value is -3.61. The van der Waals surface area contributed by atoms with E-state index in [1.807, 2.05) is 60.7 Å². The lowest BCUT2D eigenvalue weighted by Gasteiger charge is -2.17. The number of ether oxygens (including phenoxy) is 1. The van der Waals surface area contributed by atoms with E-state index in [4.69, 9.17) is 4.74 Å². The van der Waals surface area contributed by atoms with E-state index in [1.54, 1.807) is 22.8 Å². The number of rotatable bonds is 8. The van der Waals surface area contributed by atoms with Gasteiger partial charge in [0, 0.05) is 26.6 Å². The zero-order valence-corrected chi connectivity index (χ0v) is 16.5. The number of nitrogens with one attached hydrogen (secondary N) is 1. The molecule has 0 atom stereocenters. The molecule has 150 valence electrons. The lowest BCUT2D eigenvalue weighted by atomic mass is 10.2. The molecular weight excluding hydrogens is 368 g/mol. The summed E-state index contributed by atoms with van der Waals surface area (Å²) in [4.78, 5) is 26.5. The third-order valence-electron chi connectivity index (χ3n) is 4.45. The number of amides is 2. The summed E-state index contributed by atoms with van der Waals surface area (Å²) < 4.78 is 6.87. The van der Waals surface area contributed by atoms with Crippen LogP contribution >= 0.6 is 0 Å². The molecule has 0 bridgehead atoms. The first-order chi connectivity index (χ1) is 14.1. The number of para-hydroxylation sites is 1. The molecule has 2 aromatic carbocycles. The maximum absolute atomic E-state index is 12.5. The van der Waals surface area contributed by atoms with Crippen LogP contribution in [0.5, 0.6) is 5.75 Å². The second kappa shape index (κ2) is 9.54. The van der Waals surface area contributed by atoms with Gasteiger partial charge in [-0.05, 0) is 17.7 Å². The van der Waals surface area contributed by atoms with Crippen LogP contribution in [0.4, 0.5) is 0 Å². The Balaban J connectivity index is 1.55. The first-order valence-corrected chi connectivity index (χ1v) is 9.33. The molecule has 7 nitrogen and oxygen atoms in total. The molecule has 0 spiro atoms. The van der Waals surface area contributed by atoms with E-state index in [-0.39, 0.29) is 30.5 Å². The molecule has 29 heavy (non-hydrogen) atoms. The first-order valence-electron chi connectivity index (χ1n) is 9.33. The molecule has 1 N–H and O–H groups in total. The van der Waals surface area contributed by atoms with E-state index in [9.17, 15) is 9.59 Å². The van der Waals surface area contributed by atoms with Gasteiger partial charge in [0.25, 0.3) is 5.91 Å². The summed E-state index contributed by atoms with van der Waals surface area (Å²) in [7, 11) is 3.24. The van der Waals surface area contributed by atoms with Gasteiger partial charge in [-0.15, -0.1) is 0 Å². The topological polar surface area (TPSA) is 76.5 Å². The van der Waals surface area contributed by atoms with Gasteiger partial charge in [-0.25, -0.2) is 4.68 Å². The van der Waals surface area contributed by atoms with Crippen molar-refractivity contribution in [3.63, 3.8) is 0 Å². The van der Waals surface area contributed by atoms with Crippen LogP contribution < -0.4 is 10.1 Å². The summed E-state index contributed by atoms with van der Waals surface area (Å²) in [5, 5.41) is 7.07. The zero-order valence-electron chi connectivity index (χ0n) is 16.5. The molecule has 3 aromatic rings. The molecule has 0 aliphatic carbocycles. The van der Waals surface area contributed by atoms with Crippen LogP contribution in [0, 0.1) is 0 Å². The molecule has 0 aliphatic rings. The number of methoxy groups -OCH3 is 1. The number of hydrogen-bond donors (Lipinski definition) is 1. The van der Waals surface area contributed by atoms with E-state index in [2.05, 4.69) is 10.4 Å². The van der Waals surface area contributed by atoms with Gasteiger partial charge in [0.2, 0.25) is 5.91 Å². The molecule has 2 amide bonds. The molecule has 0 aliphatic heterocycles. The number of nitrogens with zero attached hydrogens (tertiary/aromatic N) is 3. The average molecular weight is 392 g/mol. The maximum atomic E-state index is 12.5. The van der Waals surface area contributed by atoms with Crippen molar-refractivity contribution < 1.29 is 14.3 Å². The van der Waals surface area contributed by atoms with Crippen molar-refractivity contribution in [1.82, 2.24) is 20.0 Å². The Morgan fingerprint density at radius 1 is 1.07 bits per heavy atom. The molecule has 0 saturated heterocycles. The van der Waals surface area contributed by atoms with E-state index >= 15 is 0 Å². The summed E-state index contributed by atoms with van der Waals surface area (Å²) in [6.45, 7) is 0.751. The fourth-order valence-electron chi connectivity index (χ4n) is 2.88. The van der Waals surface area contributed by atoms with Crippen molar-refractivity contribution in [1.29, 1.82) is 0 Å². The minimum Gasteiger partial charge on any atom is -0.493 e. The van der Waals surface area contributed by atoms with Crippen LogP contribution in [0.15, 0.2) is 66.9 Å². The minimum atomic E-state index is -0.380. The lowest BCUT2D eigenvalue weighted by molar-refractivity contribution is -0.130. The quantitative estimate of drug-likeness (QED) is 0.639. The largest absolute Gasteiger partial charge is 0.493 e. The van der Waals surface area contributed by atoms with Crippen LogP contribution in [-0.2, 0) is 11.3 Å². The Bertz CT molecular complexity index is 955. The molecule has 0 unspecified atom stereocenters. The highest BCUT2D eigenvalue weighted by atomic mass is 16.5. The molecule has 0 fully saturated rings. The molecule has 1 aromatic heterocycles. The van der Waals surface area contributed by atoms with Crippen molar-refractivity contribution in [2.24, 2.45) is 0 Å². The molecule has 7 heteroatoms. The van der Waals surface area contributed by atoms with Crippen LogP contribution in [0.2, 0.25) is 0 Å². The minimum absolute atomic E-state index is 0.0454. The molecular formula is C22H24N4O3. The summed E-state index contributed by atoms with van der Waals surface area (Å²) >= 11 is 0. The number of carbonyl (C=O) groups is 2. The van der Waals surface area contributed by atoms with Gasteiger partial charge >= 0.3 is 0 Å². The molecule has 1 heterocycles. The molecule has 0 saturated carbocycles. The van der Waals surface area contributed by atoms with Crippen LogP contribution in [0.1, 0.15) is 22.5 Å². The highest BCUT2D eigenvalue weighted by Gasteiger charge is 2.18. The van der Waals surface area contributed by atoms with E-state index < -0.39 is 0 Å². The van der Waals surface area contributed by atoms with Crippen molar-refractivity contribution in [2.45, 2.75) is 13.0 Å². The van der Waals surface area contributed by atoms with Crippen molar-refractivity contribution in [3.05, 3.63) is 78.1 Å². The van der Waals surface area contributed by atoms with Crippen molar-refractivity contribution in [2.75, 3.05) is 20.7 Å². The average Bonchev–Trinajstić information content (AvgIpc) is 3.19. The SMILES string of the molecule is COc1cn(-c2ccccc2)nc1C(=O)NCCC(=O)N(C)Cc1ccccc1. The van der Waals surface area contributed by atoms with E-state index in [0.717, 1.165) is 11.3 Å². The predicted molar refractivity (Wildman–Crippen MR) is 110 cm³/mol. The monoisotopic (exact) mass is 392 g/mol. The normalized spacial score (nSPS) is 10.4. The number of carbonyl (C=O) groups excluding carboxylic acids is 2. The highest BCUT2D eigenvalue weighted by molar-refractivity contribution is 5.95. The van der Waals surface area contributed by atoms with Gasteiger partial charge in [-0.3, -0.25) is 9.59 Å². The predicted octanol–water partition coefficient (Wildman–Crippen LogP) is 2.66. The first kappa shape index (κ1) is 20.1. The standard InChI is InChI=1S/C22H24N4O3/c1-25(15-17-9-5-3-6-10-17)20(27)13-14-23-22(28)21-19(29-2)16-26(24-21)18-11-7-4-8-12-18/h3-12,16H,13-15H2,1-2H3,(H,23,28). The van der Waals surface area contributed by atoms with Crippen LogP contribution in [0.25, 0.3) is 5.69 Å². The third-order valence-corrected chi connectivity index (χ3v) is 4.45. The number of hydrogen-bond acceptors (Lipinski definition) is 4. The summed E-state index contributed by atoms with van der Waals surface area (Å²) in [5.74, 6) is -0.0511. The number of benzene rings is 2. The lowest BCUT2D eigenvalue weighted by Crippen LogP contribution is -2.32. The Morgan fingerprint density at radius 3 is 2.38 bits per heavy atom. The van der Waals surface area contributed by atoms with Gasteiger partial charge in [-0.2, -0.15) is 5.10 Å². The summed E-state index contributed by atoms with van der Waals surface area (Å²) in [5.41, 5.74) is 2.06. The smallest absolute Gasteiger partial charge is 0.275 e. The Kier molecular flexibility index (Phi) is 6.63. The Morgan fingerprint density at radius 2 is 1.72 bits per heavy atom. The fraction of sp³-hybridized carbons (Fsp3) is 0.227. The van der Waals surface area contributed by atoms with Crippen molar-refractivity contribution >= 4 is 11.8 Å². The van der Waals surface area contributed by atoms with Gasteiger partial charge in [0.1, 0.15) is 0 Å². The summed E-state index contributed by atoms with van der Waals surface area (Å²) in [6, 6.07) is 19.2. The third kappa shape index (κ3) is 5.22. The molecule has 0 radical (unpaired) electrons. The highest BCUT2D eigenvalue weighted by Crippen LogP contribution is 2.19. The van der Waals surface area contributed by atoms with Gasteiger partial charge in [0.15, 0.2) is 11.4 Å². The Labute approximate surface area is 169 Å². The van der Waals surface area contributed by atoms with E-state index in [0.29, 0.717) is 12.3 Å². The molecule has 3 rings (SSSR count). The number of aromatic nitrogens is 2. The van der Waals surface area contributed by atoms with Gasteiger partial charge in [-0.1, -0.05) is 48.5 Å². The maximum Gasteiger partial charge on any atom is 0.275 e.